The standard InChI is InChI=1S/C15H28N2S/c1-7-8-12-13(10-16-9-11(2)3)18-14(17-12)15(4,5)6/h11,16H,7-10H2,1-6H3. The molecule has 0 bridgehead atoms. The second-order valence-electron chi connectivity index (χ2n) is 6.41. The van der Waals surface area contributed by atoms with E-state index in [9.17, 15) is 0 Å². The Morgan fingerprint density at radius 2 is 1.94 bits per heavy atom. The highest BCUT2D eigenvalue weighted by Gasteiger charge is 2.20. The molecule has 1 aromatic rings. The summed E-state index contributed by atoms with van der Waals surface area (Å²) in [4.78, 5) is 6.28. The molecule has 1 aromatic heterocycles. The Morgan fingerprint density at radius 1 is 1.28 bits per heavy atom. The Hall–Kier alpha value is -0.410. The zero-order chi connectivity index (χ0) is 13.8. The zero-order valence-corrected chi connectivity index (χ0v) is 13.6. The smallest absolute Gasteiger partial charge is 0.0985 e. The second kappa shape index (κ2) is 6.67. The molecule has 0 saturated carbocycles. The van der Waals surface area contributed by atoms with Crippen molar-refractivity contribution in [2.24, 2.45) is 5.92 Å². The number of rotatable bonds is 6. The molecule has 1 heterocycles. The Bertz CT molecular complexity index is 361. The average Bonchev–Trinajstić information content (AvgIpc) is 2.61. The van der Waals surface area contributed by atoms with Gasteiger partial charge in [-0.1, -0.05) is 48.0 Å². The molecule has 1 N–H and O–H groups in total. The quantitative estimate of drug-likeness (QED) is 0.839. The van der Waals surface area contributed by atoms with Crippen LogP contribution < -0.4 is 5.32 Å². The summed E-state index contributed by atoms with van der Waals surface area (Å²) in [5.74, 6) is 0.703. The van der Waals surface area contributed by atoms with Gasteiger partial charge in [-0.3, -0.25) is 0 Å². The molecule has 18 heavy (non-hydrogen) atoms. The van der Waals surface area contributed by atoms with E-state index in [1.807, 2.05) is 11.3 Å². The van der Waals surface area contributed by atoms with Crippen molar-refractivity contribution in [3.63, 3.8) is 0 Å². The molecule has 104 valence electrons. The fourth-order valence-electron chi connectivity index (χ4n) is 1.75. The first-order valence-corrected chi connectivity index (χ1v) is 7.86. The molecule has 0 saturated heterocycles. The van der Waals surface area contributed by atoms with Gasteiger partial charge < -0.3 is 5.32 Å². The minimum atomic E-state index is 0.170. The van der Waals surface area contributed by atoms with E-state index in [2.05, 4.69) is 46.9 Å². The van der Waals surface area contributed by atoms with Gasteiger partial charge in [0.25, 0.3) is 0 Å². The summed E-state index contributed by atoms with van der Waals surface area (Å²) in [6, 6.07) is 0. The molecule has 1 rings (SSSR count). The van der Waals surface area contributed by atoms with Crippen LogP contribution in [-0.4, -0.2) is 11.5 Å². The van der Waals surface area contributed by atoms with Gasteiger partial charge in [-0.15, -0.1) is 11.3 Å². The van der Waals surface area contributed by atoms with Crippen molar-refractivity contribution in [2.45, 2.75) is 66.3 Å². The Labute approximate surface area is 116 Å². The van der Waals surface area contributed by atoms with Crippen LogP contribution >= 0.6 is 11.3 Å². The Balaban J connectivity index is 2.77. The second-order valence-corrected chi connectivity index (χ2v) is 7.50. The van der Waals surface area contributed by atoms with Crippen LogP contribution in [0.4, 0.5) is 0 Å². The number of nitrogens with one attached hydrogen (secondary N) is 1. The fraction of sp³-hybridized carbons (Fsp3) is 0.800. The van der Waals surface area contributed by atoms with E-state index >= 15 is 0 Å². The summed E-state index contributed by atoms with van der Waals surface area (Å²) < 4.78 is 0. The predicted molar refractivity (Wildman–Crippen MR) is 81.4 cm³/mol. The van der Waals surface area contributed by atoms with Gasteiger partial charge >= 0.3 is 0 Å². The average molecular weight is 268 g/mol. The lowest BCUT2D eigenvalue weighted by atomic mass is 9.98. The third-order valence-electron chi connectivity index (χ3n) is 2.74. The Kier molecular flexibility index (Phi) is 5.80. The lowest BCUT2D eigenvalue weighted by molar-refractivity contribution is 0.552. The minimum Gasteiger partial charge on any atom is -0.312 e. The molecule has 0 unspecified atom stereocenters. The third kappa shape index (κ3) is 4.69. The summed E-state index contributed by atoms with van der Waals surface area (Å²) in [5, 5.41) is 4.81. The van der Waals surface area contributed by atoms with E-state index < -0.39 is 0 Å². The number of aromatic nitrogens is 1. The van der Waals surface area contributed by atoms with Gasteiger partial charge in [0.2, 0.25) is 0 Å². The monoisotopic (exact) mass is 268 g/mol. The van der Waals surface area contributed by atoms with Gasteiger partial charge in [-0.05, 0) is 18.9 Å². The van der Waals surface area contributed by atoms with Crippen molar-refractivity contribution in [2.75, 3.05) is 6.54 Å². The van der Waals surface area contributed by atoms with Crippen LogP contribution in [0.5, 0.6) is 0 Å². The van der Waals surface area contributed by atoms with Crippen LogP contribution in [0.1, 0.15) is 63.5 Å². The van der Waals surface area contributed by atoms with Crippen molar-refractivity contribution in [3.8, 4) is 0 Å². The van der Waals surface area contributed by atoms with E-state index in [4.69, 9.17) is 4.98 Å². The van der Waals surface area contributed by atoms with Crippen molar-refractivity contribution in [1.29, 1.82) is 0 Å². The van der Waals surface area contributed by atoms with Crippen LogP contribution in [0, 0.1) is 5.92 Å². The summed E-state index contributed by atoms with van der Waals surface area (Å²) in [5.41, 5.74) is 1.48. The van der Waals surface area contributed by atoms with E-state index in [-0.39, 0.29) is 5.41 Å². The molecular formula is C15H28N2S. The molecule has 0 amide bonds. The number of aryl methyl sites for hydroxylation is 1. The summed E-state index contributed by atoms with van der Waals surface area (Å²) >= 11 is 1.88. The maximum atomic E-state index is 4.85. The molecule has 0 aliphatic carbocycles. The number of hydrogen-bond acceptors (Lipinski definition) is 3. The highest BCUT2D eigenvalue weighted by Crippen LogP contribution is 2.30. The fourth-order valence-corrected chi connectivity index (χ4v) is 2.88. The van der Waals surface area contributed by atoms with Gasteiger partial charge in [-0.2, -0.15) is 0 Å². The molecule has 0 radical (unpaired) electrons. The normalized spacial score (nSPS) is 12.4. The van der Waals surface area contributed by atoms with Gasteiger partial charge in [0, 0.05) is 16.8 Å². The van der Waals surface area contributed by atoms with Crippen LogP contribution in [0.15, 0.2) is 0 Å². The van der Waals surface area contributed by atoms with E-state index in [0.717, 1.165) is 19.5 Å². The van der Waals surface area contributed by atoms with Crippen molar-refractivity contribution in [3.05, 3.63) is 15.6 Å². The lowest BCUT2D eigenvalue weighted by Crippen LogP contribution is -2.19. The van der Waals surface area contributed by atoms with Gasteiger partial charge in [0.1, 0.15) is 0 Å². The molecular weight excluding hydrogens is 240 g/mol. The Morgan fingerprint density at radius 3 is 2.44 bits per heavy atom. The molecule has 3 heteroatoms. The number of hydrogen-bond donors (Lipinski definition) is 1. The zero-order valence-electron chi connectivity index (χ0n) is 12.8. The first kappa shape index (κ1) is 15.6. The van der Waals surface area contributed by atoms with Crippen molar-refractivity contribution < 1.29 is 0 Å². The predicted octanol–water partition coefficient (Wildman–Crippen LogP) is 4.14. The summed E-state index contributed by atoms with van der Waals surface area (Å²) in [7, 11) is 0. The largest absolute Gasteiger partial charge is 0.312 e. The SMILES string of the molecule is CCCc1nc(C(C)(C)C)sc1CNCC(C)C. The van der Waals surface area contributed by atoms with Crippen molar-refractivity contribution in [1.82, 2.24) is 10.3 Å². The maximum absolute atomic E-state index is 4.85. The van der Waals surface area contributed by atoms with E-state index in [0.29, 0.717) is 5.92 Å². The highest BCUT2D eigenvalue weighted by molar-refractivity contribution is 7.11. The first-order chi connectivity index (χ1) is 8.34. The first-order valence-electron chi connectivity index (χ1n) is 7.04. The molecule has 0 atom stereocenters. The molecule has 0 aliphatic rings. The van der Waals surface area contributed by atoms with Crippen molar-refractivity contribution >= 4 is 11.3 Å². The van der Waals surface area contributed by atoms with E-state index in [1.165, 1.54) is 22.0 Å². The maximum Gasteiger partial charge on any atom is 0.0985 e. The molecule has 0 spiro atoms. The lowest BCUT2D eigenvalue weighted by Gasteiger charge is -2.13. The van der Waals surface area contributed by atoms with Crippen LogP contribution in [0.25, 0.3) is 0 Å². The molecule has 0 aromatic carbocycles. The number of thiazole rings is 1. The molecule has 0 fully saturated rings. The topological polar surface area (TPSA) is 24.9 Å². The van der Waals surface area contributed by atoms with Gasteiger partial charge in [-0.25, -0.2) is 4.98 Å². The van der Waals surface area contributed by atoms with Crippen LogP contribution in [0.3, 0.4) is 0 Å². The third-order valence-corrected chi connectivity index (χ3v) is 4.27. The molecule has 0 aliphatic heterocycles. The van der Waals surface area contributed by atoms with Gasteiger partial charge in [0.15, 0.2) is 0 Å². The van der Waals surface area contributed by atoms with Crippen LogP contribution in [0.2, 0.25) is 0 Å². The van der Waals surface area contributed by atoms with Crippen LogP contribution in [-0.2, 0) is 18.4 Å². The van der Waals surface area contributed by atoms with E-state index in [1.54, 1.807) is 0 Å². The van der Waals surface area contributed by atoms with Gasteiger partial charge in [0.05, 0.1) is 10.7 Å². The minimum absolute atomic E-state index is 0.170. The highest BCUT2D eigenvalue weighted by atomic mass is 32.1. The molecule has 2 nitrogen and oxygen atoms in total. The number of nitrogens with zero attached hydrogens (tertiary/aromatic N) is 1. The summed E-state index contributed by atoms with van der Waals surface area (Å²) in [6.45, 7) is 15.5. The summed E-state index contributed by atoms with van der Waals surface area (Å²) in [6.07, 6.45) is 2.27.